The van der Waals surface area contributed by atoms with E-state index in [1.54, 1.807) is 0 Å². The summed E-state index contributed by atoms with van der Waals surface area (Å²) in [4.78, 5) is 12.5. The number of halogens is 3. The Bertz CT molecular complexity index is 345. The molecule has 5 heteroatoms. The summed E-state index contributed by atoms with van der Waals surface area (Å²) >= 11 is 0. The molecule has 0 aromatic carbocycles. The number of rotatable bonds is 3. The molecule has 0 aromatic heterocycles. The van der Waals surface area contributed by atoms with Gasteiger partial charge in [0.15, 0.2) is 11.0 Å². The number of hydrogen-bond acceptors (Lipinski definition) is 1. The average molecular weight is 366 g/mol. The van der Waals surface area contributed by atoms with Crippen molar-refractivity contribution in [2.75, 3.05) is 0 Å². The average Bonchev–Trinajstić information content (AvgIpc) is 2.58. The maximum Gasteiger partial charge on any atom is 0.379 e. The lowest BCUT2D eigenvalue weighted by Gasteiger charge is -2.35. The summed E-state index contributed by atoms with van der Waals surface area (Å²) in [7, 11) is 0.437. The van der Waals surface area contributed by atoms with Crippen molar-refractivity contribution < 1.29 is 18.0 Å². The van der Waals surface area contributed by atoms with E-state index in [1.807, 2.05) is 0 Å². The van der Waals surface area contributed by atoms with Crippen molar-refractivity contribution in [2.45, 2.75) is 112 Å². The van der Waals surface area contributed by atoms with E-state index in [0.717, 1.165) is 16.9 Å². The molecule has 0 radical (unpaired) electrons. The molecule has 0 aromatic rings. The minimum atomic E-state index is -3.67. The monoisotopic (exact) mass is 365 g/mol. The van der Waals surface area contributed by atoms with Crippen LogP contribution in [0.25, 0.3) is 0 Å². The maximum atomic E-state index is 12.5. The third kappa shape index (κ3) is 6.27. The molecule has 3 aliphatic rings. The molecule has 0 N–H and O–H groups in total. The van der Waals surface area contributed by atoms with Gasteiger partial charge < -0.3 is 0 Å². The number of hydrogen-bond donors (Lipinski definition) is 0. The van der Waals surface area contributed by atoms with Crippen LogP contribution in [0.5, 0.6) is 0 Å². The van der Waals surface area contributed by atoms with Gasteiger partial charge in [0.1, 0.15) is 10.5 Å². The minimum Gasteiger partial charge on any atom is -0.294 e. The zero-order chi connectivity index (χ0) is 17.4. The molecule has 1 unspecified atom stereocenters. The molecule has 140 valence electrons. The molecule has 3 aliphatic carbocycles. The summed E-state index contributed by atoms with van der Waals surface area (Å²) in [5, 5.41) is 2.31. The van der Waals surface area contributed by atoms with Gasteiger partial charge >= 0.3 is 6.68 Å². The van der Waals surface area contributed by atoms with E-state index in [2.05, 4.69) is 0 Å². The van der Waals surface area contributed by atoms with Gasteiger partial charge in [-0.1, -0.05) is 12.8 Å². The maximum absolute atomic E-state index is 12.5. The first kappa shape index (κ1) is 20.1. The van der Waals surface area contributed by atoms with Gasteiger partial charge in [0.05, 0.1) is 0 Å². The minimum absolute atomic E-state index is 0.437. The Morgan fingerprint density at radius 3 is 1.54 bits per heavy atom. The second-order valence-electron chi connectivity index (χ2n) is 7.38. The van der Waals surface area contributed by atoms with Crippen LogP contribution in [0.4, 0.5) is 13.2 Å². The summed E-state index contributed by atoms with van der Waals surface area (Å²) in [6.07, 6.45) is 19.0. The fraction of sp³-hybridized carbons (Fsp3) is 0.947. The van der Waals surface area contributed by atoms with Crippen molar-refractivity contribution in [3.8, 4) is 0 Å². The first-order valence-electron chi connectivity index (χ1n) is 9.75. The molecule has 0 spiro atoms. The van der Waals surface area contributed by atoms with Gasteiger partial charge in [-0.2, -0.15) is 13.2 Å². The summed E-state index contributed by atoms with van der Waals surface area (Å²) in [6, 6.07) is 0. The lowest BCUT2D eigenvalue weighted by molar-refractivity contribution is -0.119. The van der Waals surface area contributed by atoms with E-state index in [4.69, 9.17) is 0 Å². The molecular weight excluding hydrogens is 333 g/mol. The van der Waals surface area contributed by atoms with Gasteiger partial charge in [0.25, 0.3) is 0 Å². The predicted octanol–water partition coefficient (Wildman–Crippen LogP) is 5.96. The number of Topliss-reactive ketones (excluding diaryl/α,β-unsaturated/α-hetero) is 1. The highest BCUT2D eigenvalue weighted by molar-refractivity contribution is 7.99. The van der Waals surface area contributed by atoms with Crippen molar-refractivity contribution in [3.63, 3.8) is 0 Å². The Kier molecular flexibility index (Phi) is 8.99. The Balaban J connectivity index is 0.000000471. The van der Waals surface area contributed by atoms with Gasteiger partial charge in [-0.3, -0.25) is 4.79 Å². The second kappa shape index (κ2) is 10.7. The molecular formula is C19H32F3OS+. The molecule has 0 saturated heterocycles. The molecule has 1 nitrogen and oxygen atoms in total. The lowest BCUT2D eigenvalue weighted by Crippen LogP contribution is -2.47. The van der Waals surface area contributed by atoms with Crippen LogP contribution in [0, 0.1) is 0 Å². The fourth-order valence-electron chi connectivity index (χ4n) is 4.65. The van der Waals surface area contributed by atoms with E-state index >= 15 is 0 Å². The summed E-state index contributed by atoms with van der Waals surface area (Å²) in [5.74, 6) is 0.649. The molecule has 24 heavy (non-hydrogen) atoms. The largest absolute Gasteiger partial charge is 0.379 e. The normalized spacial score (nSPS) is 27.2. The highest BCUT2D eigenvalue weighted by Crippen LogP contribution is 2.39. The Morgan fingerprint density at radius 2 is 1.12 bits per heavy atom. The van der Waals surface area contributed by atoms with Crippen molar-refractivity contribution >= 4 is 16.7 Å². The van der Waals surface area contributed by atoms with Crippen LogP contribution < -0.4 is 0 Å². The third-order valence-electron chi connectivity index (χ3n) is 5.70. The topological polar surface area (TPSA) is 17.1 Å². The summed E-state index contributed by atoms with van der Waals surface area (Å²) < 4.78 is 29.0. The number of ketones is 1. The van der Waals surface area contributed by atoms with E-state index < -0.39 is 6.68 Å². The molecule has 3 fully saturated rings. The van der Waals surface area contributed by atoms with Gasteiger partial charge in [-0.25, -0.2) is 0 Å². The van der Waals surface area contributed by atoms with Crippen LogP contribution in [0.2, 0.25) is 0 Å². The van der Waals surface area contributed by atoms with E-state index in [0.29, 0.717) is 21.9 Å². The smallest absolute Gasteiger partial charge is 0.294 e. The lowest BCUT2D eigenvalue weighted by atomic mass is 9.98. The van der Waals surface area contributed by atoms with Gasteiger partial charge in [-0.05, 0) is 64.2 Å². The zero-order valence-corrected chi connectivity index (χ0v) is 15.5. The van der Waals surface area contributed by atoms with Crippen LogP contribution >= 0.6 is 0 Å². The highest BCUT2D eigenvalue weighted by atomic mass is 32.2. The van der Waals surface area contributed by atoms with E-state index in [1.165, 1.54) is 83.5 Å². The number of alkyl halides is 3. The first-order chi connectivity index (χ1) is 11.6. The predicted molar refractivity (Wildman–Crippen MR) is 95.5 cm³/mol. The zero-order valence-electron chi connectivity index (χ0n) is 14.7. The van der Waals surface area contributed by atoms with Crippen LogP contribution in [-0.4, -0.2) is 28.2 Å². The Hall–Kier alpha value is -0.190. The van der Waals surface area contributed by atoms with Crippen molar-refractivity contribution in [3.05, 3.63) is 0 Å². The summed E-state index contributed by atoms with van der Waals surface area (Å²) in [5.41, 5.74) is 0. The van der Waals surface area contributed by atoms with Gasteiger partial charge in [0, 0.05) is 23.7 Å². The molecule has 0 bridgehead atoms. The quantitative estimate of drug-likeness (QED) is 0.564. The van der Waals surface area contributed by atoms with Gasteiger partial charge in [0.2, 0.25) is 0 Å². The standard InChI is InChI=1S/C18H31OS.CHF3/c19-17-13-7-8-14-18(17)20(15-9-3-1-4-10-15)16-11-5-2-6-12-16;2-1(3)4/h15-16,18H,1-14H2;1H/q+1;. The highest BCUT2D eigenvalue weighted by Gasteiger charge is 2.48. The molecule has 0 aliphatic heterocycles. The van der Waals surface area contributed by atoms with E-state index in [-0.39, 0.29) is 0 Å². The Morgan fingerprint density at radius 1 is 0.708 bits per heavy atom. The second-order valence-corrected chi connectivity index (χ2v) is 10.1. The summed E-state index contributed by atoms with van der Waals surface area (Å²) in [6.45, 7) is -3.67. The van der Waals surface area contributed by atoms with Crippen molar-refractivity contribution in [2.24, 2.45) is 0 Å². The number of carbonyl (C=O) groups excluding carboxylic acids is 1. The molecule has 0 amide bonds. The number of carbonyl (C=O) groups is 1. The van der Waals surface area contributed by atoms with Crippen LogP contribution in [-0.2, 0) is 15.7 Å². The molecule has 1 atom stereocenters. The van der Waals surface area contributed by atoms with Crippen molar-refractivity contribution in [1.29, 1.82) is 0 Å². The Labute approximate surface area is 147 Å². The first-order valence-corrected chi connectivity index (χ1v) is 11.2. The van der Waals surface area contributed by atoms with Gasteiger partial charge in [-0.15, -0.1) is 0 Å². The van der Waals surface area contributed by atoms with Crippen LogP contribution in [0.1, 0.15) is 89.9 Å². The molecule has 0 heterocycles. The van der Waals surface area contributed by atoms with Crippen LogP contribution in [0.3, 0.4) is 0 Å². The molecule has 3 saturated carbocycles. The third-order valence-corrected chi connectivity index (χ3v) is 9.34. The van der Waals surface area contributed by atoms with Crippen LogP contribution in [0.15, 0.2) is 0 Å². The molecule has 3 rings (SSSR count). The van der Waals surface area contributed by atoms with Crippen molar-refractivity contribution in [1.82, 2.24) is 0 Å². The van der Waals surface area contributed by atoms with E-state index in [9.17, 15) is 18.0 Å². The fourth-order valence-corrected chi connectivity index (χ4v) is 8.74. The SMILES string of the molecule is FC(F)F.O=C1CCCCC1[S+](C1CCCCC1)C1CCCCC1.